The fourth-order valence-corrected chi connectivity index (χ4v) is 2.55. The fourth-order valence-electron chi connectivity index (χ4n) is 2.55. The van der Waals surface area contributed by atoms with E-state index in [1.165, 1.54) is 0 Å². The summed E-state index contributed by atoms with van der Waals surface area (Å²) in [5, 5.41) is 16.0. The highest BCUT2D eigenvalue weighted by Crippen LogP contribution is 2.22. The second-order valence-electron chi connectivity index (χ2n) is 5.53. The van der Waals surface area contributed by atoms with E-state index < -0.39 is 11.8 Å². The maximum Gasteiger partial charge on any atom is 0.377 e. The number of amides is 1. The number of aromatic carboxylic acids is 1. The van der Waals surface area contributed by atoms with Gasteiger partial charge in [-0.1, -0.05) is 24.3 Å². The number of carboxylic acids is 1. The van der Waals surface area contributed by atoms with Crippen LogP contribution in [0.15, 0.2) is 59.1 Å². The Bertz CT molecular complexity index is 1100. The van der Waals surface area contributed by atoms with Gasteiger partial charge in [0, 0.05) is 22.2 Å². The van der Waals surface area contributed by atoms with Crippen molar-refractivity contribution in [2.45, 2.75) is 0 Å². The van der Waals surface area contributed by atoms with Gasteiger partial charge in [-0.05, 0) is 35.5 Å². The maximum atomic E-state index is 12.5. The van der Waals surface area contributed by atoms with Crippen molar-refractivity contribution in [2.75, 3.05) is 5.32 Å². The van der Waals surface area contributed by atoms with Gasteiger partial charge in [0.15, 0.2) is 0 Å². The molecule has 2 aromatic carbocycles. The SMILES string of the molecule is O=C(O)c1noc(-c2cccc(NC(=O)c3cc4ccccc4[nH]3)c2)n1. The summed E-state index contributed by atoms with van der Waals surface area (Å²) in [6, 6.07) is 16.1. The lowest BCUT2D eigenvalue weighted by Gasteiger charge is -2.04. The monoisotopic (exact) mass is 348 g/mol. The maximum absolute atomic E-state index is 12.5. The van der Waals surface area contributed by atoms with E-state index in [0.29, 0.717) is 16.9 Å². The highest BCUT2D eigenvalue weighted by Gasteiger charge is 2.15. The van der Waals surface area contributed by atoms with E-state index in [-0.39, 0.29) is 11.8 Å². The summed E-state index contributed by atoms with van der Waals surface area (Å²) in [6.07, 6.45) is 0. The molecule has 2 aromatic heterocycles. The van der Waals surface area contributed by atoms with Crippen LogP contribution >= 0.6 is 0 Å². The van der Waals surface area contributed by atoms with Gasteiger partial charge in [0.05, 0.1) is 0 Å². The van der Waals surface area contributed by atoms with E-state index in [2.05, 4.69) is 20.4 Å². The molecular weight excluding hydrogens is 336 g/mol. The van der Waals surface area contributed by atoms with Crippen LogP contribution < -0.4 is 5.32 Å². The standard InChI is InChI=1S/C18H12N4O4/c23-16(14-9-10-4-1-2-7-13(10)20-14)19-12-6-3-5-11(8-12)17-21-15(18(24)25)22-26-17/h1-9,20H,(H,19,23)(H,24,25). The van der Waals surface area contributed by atoms with Gasteiger partial charge in [0.2, 0.25) is 0 Å². The summed E-state index contributed by atoms with van der Waals surface area (Å²) in [6.45, 7) is 0. The zero-order valence-electron chi connectivity index (χ0n) is 13.3. The number of carbonyl (C=O) groups excluding carboxylic acids is 1. The number of anilines is 1. The van der Waals surface area contributed by atoms with Crippen LogP contribution in [0.4, 0.5) is 5.69 Å². The Balaban J connectivity index is 1.58. The Morgan fingerprint density at radius 2 is 1.92 bits per heavy atom. The van der Waals surface area contributed by atoms with E-state index >= 15 is 0 Å². The number of aromatic nitrogens is 3. The van der Waals surface area contributed by atoms with Crippen LogP contribution in [0.2, 0.25) is 0 Å². The molecule has 0 aliphatic rings. The molecule has 0 spiro atoms. The Hall–Kier alpha value is -3.94. The van der Waals surface area contributed by atoms with Crippen molar-refractivity contribution in [3.8, 4) is 11.5 Å². The summed E-state index contributed by atoms with van der Waals surface area (Å²) >= 11 is 0. The Morgan fingerprint density at radius 1 is 1.08 bits per heavy atom. The van der Waals surface area contributed by atoms with E-state index in [4.69, 9.17) is 9.63 Å². The minimum absolute atomic E-state index is 0.0594. The largest absolute Gasteiger partial charge is 0.475 e. The fraction of sp³-hybridized carbons (Fsp3) is 0. The molecule has 128 valence electrons. The number of para-hydroxylation sites is 1. The number of nitrogens with one attached hydrogen (secondary N) is 2. The minimum Gasteiger partial charge on any atom is -0.475 e. The Labute approximate surface area is 146 Å². The van der Waals surface area contributed by atoms with Gasteiger partial charge in [-0.25, -0.2) is 4.79 Å². The third-order valence-electron chi connectivity index (χ3n) is 3.76. The molecule has 4 rings (SSSR count). The van der Waals surface area contributed by atoms with Gasteiger partial charge in [0.1, 0.15) is 5.69 Å². The molecular formula is C18H12N4O4. The predicted octanol–water partition coefficient (Wildman–Crippen LogP) is 3.17. The van der Waals surface area contributed by atoms with Gasteiger partial charge in [0.25, 0.3) is 17.6 Å². The molecule has 0 bridgehead atoms. The molecule has 8 nitrogen and oxygen atoms in total. The molecule has 0 fully saturated rings. The van der Waals surface area contributed by atoms with Crippen LogP contribution in [0.25, 0.3) is 22.4 Å². The number of benzene rings is 2. The zero-order valence-corrected chi connectivity index (χ0v) is 13.3. The van der Waals surface area contributed by atoms with Gasteiger partial charge < -0.3 is 19.9 Å². The minimum atomic E-state index is -1.27. The molecule has 0 radical (unpaired) electrons. The lowest BCUT2D eigenvalue weighted by molar-refractivity contribution is 0.0680. The first-order valence-electron chi connectivity index (χ1n) is 7.67. The van der Waals surface area contributed by atoms with Crippen molar-refractivity contribution < 1.29 is 19.2 Å². The number of nitrogens with zero attached hydrogens (tertiary/aromatic N) is 2. The molecule has 3 N–H and O–H groups in total. The summed E-state index contributed by atoms with van der Waals surface area (Å²) < 4.78 is 4.94. The highest BCUT2D eigenvalue weighted by atomic mass is 16.5. The molecule has 0 saturated heterocycles. The Morgan fingerprint density at radius 3 is 2.69 bits per heavy atom. The number of fused-ring (bicyclic) bond motifs is 1. The van der Waals surface area contributed by atoms with E-state index in [9.17, 15) is 9.59 Å². The average molecular weight is 348 g/mol. The van der Waals surface area contributed by atoms with Gasteiger partial charge >= 0.3 is 5.97 Å². The van der Waals surface area contributed by atoms with Crippen LogP contribution in [0.3, 0.4) is 0 Å². The topological polar surface area (TPSA) is 121 Å². The van der Waals surface area contributed by atoms with Crippen LogP contribution in [0.1, 0.15) is 21.1 Å². The number of hydrogen-bond acceptors (Lipinski definition) is 5. The van der Waals surface area contributed by atoms with Gasteiger partial charge in [-0.15, -0.1) is 0 Å². The molecule has 0 atom stereocenters. The third-order valence-corrected chi connectivity index (χ3v) is 3.76. The molecule has 0 saturated carbocycles. The molecule has 26 heavy (non-hydrogen) atoms. The molecule has 8 heteroatoms. The van der Waals surface area contributed by atoms with Gasteiger partial charge in [-0.2, -0.15) is 4.98 Å². The summed E-state index contributed by atoms with van der Waals surface area (Å²) in [5.74, 6) is -1.94. The molecule has 2 heterocycles. The lowest BCUT2D eigenvalue weighted by Crippen LogP contribution is -2.12. The predicted molar refractivity (Wildman–Crippen MR) is 92.9 cm³/mol. The van der Waals surface area contributed by atoms with E-state index in [1.54, 1.807) is 30.3 Å². The molecule has 0 unspecified atom stereocenters. The Kier molecular flexibility index (Phi) is 3.70. The van der Waals surface area contributed by atoms with E-state index in [0.717, 1.165) is 10.9 Å². The number of rotatable bonds is 4. The first kappa shape index (κ1) is 15.6. The highest BCUT2D eigenvalue weighted by molar-refractivity contribution is 6.06. The van der Waals surface area contributed by atoms with Crippen LogP contribution in [0, 0.1) is 0 Å². The third kappa shape index (κ3) is 2.91. The smallest absolute Gasteiger partial charge is 0.377 e. The molecule has 4 aromatic rings. The number of carboxylic acid groups (broad SMARTS) is 1. The first-order valence-corrected chi connectivity index (χ1v) is 7.67. The van der Waals surface area contributed by atoms with Crippen molar-refractivity contribution in [3.05, 3.63) is 66.1 Å². The van der Waals surface area contributed by atoms with Crippen molar-refractivity contribution in [1.82, 2.24) is 15.1 Å². The van der Waals surface area contributed by atoms with Crippen LogP contribution in [-0.2, 0) is 0 Å². The van der Waals surface area contributed by atoms with Crippen molar-refractivity contribution in [1.29, 1.82) is 0 Å². The van der Waals surface area contributed by atoms with Crippen LogP contribution in [0.5, 0.6) is 0 Å². The number of aromatic amines is 1. The number of hydrogen-bond donors (Lipinski definition) is 3. The van der Waals surface area contributed by atoms with Gasteiger partial charge in [-0.3, -0.25) is 4.79 Å². The summed E-state index contributed by atoms with van der Waals surface area (Å²) in [4.78, 5) is 30.1. The second-order valence-corrected chi connectivity index (χ2v) is 5.53. The zero-order chi connectivity index (χ0) is 18.1. The summed E-state index contributed by atoms with van der Waals surface area (Å²) in [5.41, 5.74) is 2.32. The summed E-state index contributed by atoms with van der Waals surface area (Å²) in [7, 11) is 0. The first-order chi connectivity index (χ1) is 12.6. The van der Waals surface area contributed by atoms with Crippen molar-refractivity contribution in [3.63, 3.8) is 0 Å². The average Bonchev–Trinajstić information content (AvgIpc) is 3.29. The van der Waals surface area contributed by atoms with Crippen molar-refractivity contribution >= 4 is 28.5 Å². The number of H-pyrrole nitrogens is 1. The normalized spacial score (nSPS) is 10.8. The van der Waals surface area contributed by atoms with Crippen LogP contribution in [-0.4, -0.2) is 32.1 Å². The molecule has 0 aliphatic carbocycles. The van der Waals surface area contributed by atoms with E-state index in [1.807, 2.05) is 24.3 Å². The lowest BCUT2D eigenvalue weighted by atomic mass is 10.2. The number of carbonyl (C=O) groups is 2. The second kappa shape index (κ2) is 6.17. The van der Waals surface area contributed by atoms with Crippen molar-refractivity contribution in [2.24, 2.45) is 0 Å². The molecule has 1 amide bonds. The quantitative estimate of drug-likeness (QED) is 0.521. The molecule has 0 aliphatic heterocycles.